The fourth-order valence-corrected chi connectivity index (χ4v) is 3.90. The van der Waals surface area contributed by atoms with Gasteiger partial charge in [0, 0.05) is 13.6 Å². The Hall–Kier alpha value is -2.44. The van der Waals surface area contributed by atoms with Crippen LogP contribution in [0, 0.1) is 5.82 Å². The summed E-state index contributed by atoms with van der Waals surface area (Å²) in [6, 6.07) is 17.2. The number of fused-ring (bicyclic) bond motifs is 1. The van der Waals surface area contributed by atoms with Gasteiger partial charge in [-0.15, -0.1) is 0 Å². The summed E-state index contributed by atoms with van der Waals surface area (Å²) in [6.45, 7) is 0.192. The topological polar surface area (TPSA) is 46.6 Å². The Bertz CT molecular complexity index is 1010. The molecule has 4 nitrogen and oxygen atoms in total. The summed E-state index contributed by atoms with van der Waals surface area (Å²) in [5.41, 5.74) is 0.887. The van der Waals surface area contributed by atoms with Gasteiger partial charge in [0.2, 0.25) is 10.0 Å². The van der Waals surface area contributed by atoms with Gasteiger partial charge in [0.1, 0.15) is 0 Å². The highest BCUT2D eigenvalue weighted by atomic mass is 32.2. The van der Waals surface area contributed by atoms with Crippen LogP contribution in [0.25, 0.3) is 10.8 Å². The SMILES string of the molecule is COc1ccc(S(=O)(=O)N(C)Cc2cccc3ccccc23)cc1F. The maximum Gasteiger partial charge on any atom is 0.243 e. The summed E-state index contributed by atoms with van der Waals surface area (Å²) in [6.07, 6.45) is 0. The van der Waals surface area contributed by atoms with E-state index < -0.39 is 15.8 Å². The minimum absolute atomic E-state index is 0.00987. The lowest BCUT2D eigenvalue weighted by molar-refractivity contribution is 0.385. The van der Waals surface area contributed by atoms with Crippen molar-refractivity contribution < 1.29 is 17.5 Å². The molecule has 0 amide bonds. The fraction of sp³-hybridized carbons (Fsp3) is 0.158. The number of hydrogen-bond acceptors (Lipinski definition) is 3. The van der Waals surface area contributed by atoms with Crippen molar-refractivity contribution in [2.45, 2.75) is 11.4 Å². The van der Waals surface area contributed by atoms with Gasteiger partial charge < -0.3 is 4.74 Å². The predicted octanol–water partition coefficient (Wildman–Crippen LogP) is 3.81. The largest absolute Gasteiger partial charge is 0.494 e. The molecule has 0 saturated heterocycles. The van der Waals surface area contributed by atoms with E-state index in [4.69, 9.17) is 4.74 Å². The zero-order chi connectivity index (χ0) is 18.0. The molecule has 0 atom stereocenters. The molecule has 3 rings (SSSR count). The summed E-state index contributed by atoms with van der Waals surface area (Å²) in [7, 11) is -0.998. The molecule has 3 aromatic carbocycles. The van der Waals surface area contributed by atoms with Gasteiger partial charge in [0.25, 0.3) is 0 Å². The Morgan fingerprint density at radius 3 is 2.48 bits per heavy atom. The van der Waals surface area contributed by atoms with E-state index in [0.717, 1.165) is 22.4 Å². The number of methoxy groups -OCH3 is 1. The first-order valence-corrected chi connectivity index (χ1v) is 9.14. The lowest BCUT2D eigenvalue weighted by atomic mass is 10.0. The molecule has 0 heterocycles. The second-order valence-corrected chi connectivity index (χ2v) is 7.74. The molecule has 0 radical (unpaired) electrons. The summed E-state index contributed by atoms with van der Waals surface area (Å²) in [5, 5.41) is 2.04. The van der Waals surface area contributed by atoms with Crippen LogP contribution in [0.15, 0.2) is 65.6 Å². The quantitative estimate of drug-likeness (QED) is 0.696. The van der Waals surface area contributed by atoms with Gasteiger partial charge in [-0.2, -0.15) is 4.31 Å². The molecule has 130 valence electrons. The summed E-state index contributed by atoms with van der Waals surface area (Å²) >= 11 is 0. The van der Waals surface area contributed by atoms with Crippen LogP contribution >= 0.6 is 0 Å². The molecule has 0 aromatic heterocycles. The third kappa shape index (κ3) is 3.36. The van der Waals surface area contributed by atoms with Crippen molar-refractivity contribution in [3.8, 4) is 5.75 Å². The molecule has 6 heteroatoms. The lowest BCUT2D eigenvalue weighted by Crippen LogP contribution is -2.26. The van der Waals surface area contributed by atoms with Crippen LogP contribution in [0.2, 0.25) is 0 Å². The minimum Gasteiger partial charge on any atom is -0.494 e. The van der Waals surface area contributed by atoms with Gasteiger partial charge in [-0.3, -0.25) is 0 Å². The Morgan fingerprint density at radius 1 is 1.04 bits per heavy atom. The van der Waals surface area contributed by atoms with Gasteiger partial charge in [-0.1, -0.05) is 42.5 Å². The van der Waals surface area contributed by atoms with Gasteiger partial charge in [-0.25, -0.2) is 12.8 Å². The maximum absolute atomic E-state index is 13.9. The van der Waals surface area contributed by atoms with Crippen molar-refractivity contribution in [3.05, 3.63) is 72.0 Å². The van der Waals surface area contributed by atoms with Crippen molar-refractivity contribution in [3.63, 3.8) is 0 Å². The van der Waals surface area contributed by atoms with Crippen LogP contribution in [-0.4, -0.2) is 26.9 Å². The monoisotopic (exact) mass is 359 g/mol. The summed E-state index contributed by atoms with van der Waals surface area (Å²) in [4.78, 5) is -0.103. The Kier molecular flexibility index (Phi) is 4.74. The van der Waals surface area contributed by atoms with Crippen molar-refractivity contribution >= 4 is 20.8 Å². The van der Waals surface area contributed by atoms with E-state index in [-0.39, 0.29) is 17.2 Å². The highest BCUT2D eigenvalue weighted by molar-refractivity contribution is 7.89. The molecule has 0 spiro atoms. The summed E-state index contributed by atoms with van der Waals surface area (Å²) in [5.74, 6) is -0.696. The Labute approximate surface area is 146 Å². The van der Waals surface area contributed by atoms with Crippen LogP contribution in [0.1, 0.15) is 5.56 Å². The number of ether oxygens (including phenoxy) is 1. The van der Waals surface area contributed by atoms with E-state index in [9.17, 15) is 12.8 Å². The normalized spacial score (nSPS) is 11.8. The first-order valence-electron chi connectivity index (χ1n) is 7.70. The first-order chi connectivity index (χ1) is 11.9. The van der Waals surface area contributed by atoms with Gasteiger partial charge >= 0.3 is 0 Å². The fourth-order valence-electron chi connectivity index (χ4n) is 2.74. The average molecular weight is 359 g/mol. The molecule has 0 fully saturated rings. The smallest absolute Gasteiger partial charge is 0.243 e. The van der Waals surface area contributed by atoms with Crippen molar-refractivity contribution in [2.75, 3.05) is 14.2 Å². The number of benzene rings is 3. The molecule has 0 aliphatic carbocycles. The van der Waals surface area contributed by atoms with Crippen molar-refractivity contribution in [2.24, 2.45) is 0 Å². The first kappa shape index (κ1) is 17.4. The van der Waals surface area contributed by atoms with E-state index >= 15 is 0 Å². The number of sulfonamides is 1. The predicted molar refractivity (Wildman–Crippen MR) is 95.6 cm³/mol. The zero-order valence-electron chi connectivity index (χ0n) is 13.9. The number of rotatable bonds is 5. The molecular weight excluding hydrogens is 341 g/mol. The molecule has 0 saturated carbocycles. The highest BCUT2D eigenvalue weighted by Gasteiger charge is 2.23. The molecule has 3 aromatic rings. The third-order valence-corrected chi connectivity index (χ3v) is 5.90. The number of halogens is 1. The lowest BCUT2D eigenvalue weighted by Gasteiger charge is -2.18. The van der Waals surface area contributed by atoms with Gasteiger partial charge in [0.15, 0.2) is 11.6 Å². The molecule has 0 bridgehead atoms. The summed E-state index contributed by atoms with van der Waals surface area (Å²) < 4.78 is 45.4. The molecular formula is C19H18FNO3S. The number of hydrogen-bond donors (Lipinski definition) is 0. The maximum atomic E-state index is 13.9. The second kappa shape index (κ2) is 6.82. The van der Waals surface area contributed by atoms with E-state index in [2.05, 4.69) is 0 Å². The minimum atomic E-state index is -3.82. The van der Waals surface area contributed by atoms with Crippen LogP contribution in [-0.2, 0) is 16.6 Å². The highest BCUT2D eigenvalue weighted by Crippen LogP contribution is 2.25. The average Bonchev–Trinajstić information content (AvgIpc) is 2.62. The molecule has 0 aliphatic rings. The van der Waals surface area contributed by atoms with Crippen molar-refractivity contribution in [1.82, 2.24) is 4.31 Å². The van der Waals surface area contributed by atoms with Gasteiger partial charge in [0.05, 0.1) is 12.0 Å². The molecule has 0 aliphatic heterocycles. The van der Waals surface area contributed by atoms with Crippen LogP contribution < -0.4 is 4.74 Å². The van der Waals surface area contributed by atoms with E-state index in [0.29, 0.717) is 0 Å². The standard InChI is InChI=1S/C19H18FNO3S/c1-21(13-15-8-5-7-14-6-3-4-9-17(14)15)25(22,23)16-10-11-19(24-2)18(20)12-16/h3-12H,13H2,1-2H3. The van der Waals surface area contributed by atoms with Gasteiger partial charge in [-0.05, 0) is 34.5 Å². The third-order valence-electron chi connectivity index (χ3n) is 4.10. The van der Waals surface area contributed by atoms with E-state index in [1.54, 1.807) is 0 Å². The second-order valence-electron chi connectivity index (χ2n) is 5.70. The number of nitrogens with zero attached hydrogens (tertiary/aromatic N) is 1. The Morgan fingerprint density at radius 2 is 1.76 bits per heavy atom. The Balaban J connectivity index is 1.94. The van der Waals surface area contributed by atoms with E-state index in [1.165, 1.54) is 30.6 Å². The molecule has 0 unspecified atom stereocenters. The molecule has 0 N–H and O–H groups in total. The van der Waals surface area contributed by atoms with Crippen LogP contribution in [0.5, 0.6) is 5.75 Å². The van der Waals surface area contributed by atoms with Crippen LogP contribution in [0.4, 0.5) is 4.39 Å². The van der Waals surface area contributed by atoms with Crippen LogP contribution in [0.3, 0.4) is 0 Å². The van der Waals surface area contributed by atoms with E-state index in [1.807, 2.05) is 42.5 Å². The molecule has 25 heavy (non-hydrogen) atoms. The zero-order valence-corrected chi connectivity index (χ0v) is 14.8. The van der Waals surface area contributed by atoms with Crippen molar-refractivity contribution in [1.29, 1.82) is 0 Å².